The Kier molecular flexibility index (Phi) is 7.48. The Morgan fingerprint density at radius 3 is 2.35 bits per heavy atom. The van der Waals surface area contributed by atoms with Gasteiger partial charge in [-0.05, 0) is 38.0 Å². The van der Waals surface area contributed by atoms with Gasteiger partial charge in [0.1, 0.15) is 5.75 Å². The second kappa shape index (κ2) is 9.82. The van der Waals surface area contributed by atoms with Gasteiger partial charge in [-0.25, -0.2) is 4.79 Å². The molecule has 5 heteroatoms. The third-order valence-electron chi connectivity index (χ3n) is 4.11. The van der Waals surface area contributed by atoms with Crippen LogP contribution in [0.25, 0.3) is 11.1 Å². The molecule has 26 heavy (non-hydrogen) atoms. The van der Waals surface area contributed by atoms with Gasteiger partial charge in [-0.15, -0.1) is 0 Å². The Morgan fingerprint density at radius 2 is 1.69 bits per heavy atom. The molecule has 1 atom stereocenters. The molecule has 0 bridgehead atoms. The summed E-state index contributed by atoms with van der Waals surface area (Å²) in [5, 5.41) is 9.07. The highest BCUT2D eigenvalue weighted by Gasteiger charge is 2.08. The lowest BCUT2D eigenvalue weighted by molar-refractivity contribution is 0.238. The molecule has 2 amide bonds. The summed E-state index contributed by atoms with van der Waals surface area (Å²) in [7, 11) is 1.69. The molecule has 0 spiro atoms. The minimum Gasteiger partial charge on any atom is -0.496 e. The third kappa shape index (κ3) is 5.77. The topological polar surface area (TPSA) is 62.4 Å². The van der Waals surface area contributed by atoms with Crippen LogP contribution in [0.1, 0.15) is 32.4 Å². The van der Waals surface area contributed by atoms with Crippen LogP contribution in [0.2, 0.25) is 0 Å². The average Bonchev–Trinajstić information content (AvgIpc) is 2.64. The molecule has 0 saturated heterocycles. The van der Waals surface area contributed by atoms with Crippen LogP contribution in [0, 0.1) is 0 Å². The van der Waals surface area contributed by atoms with Gasteiger partial charge >= 0.3 is 6.03 Å². The molecule has 2 aromatic rings. The molecule has 2 rings (SSSR count). The number of carbonyl (C=O) groups excluding carboxylic acids is 1. The van der Waals surface area contributed by atoms with Crippen molar-refractivity contribution in [2.24, 2.45) is 0 Å². The van der Waals surface area contributed by atoms with E-state index in [4.69, 9.17) is 4.74 Å². The number of amides is 2. The van der Waals surface area contributed by atoms with Crippen molar-refractivity contribution in [3.05, 3.63) is 54.1 Å². The van der Waals surface area contributed by atoms with Crippen molar-refractivity contribution in [3.8, 4) is 16.9 Å². The predicted molar refractivity (Wildman–Crippen MR) is 107 cm³/mol. The van der Waals surface area contributed by atoms with Gasteiger partial charge in [0.25, 0.3) is 0 Å². The lowest BCUT2D eigenvalue weighted by Gasteiger charge is -2.16. The van der Waals surface area contributed by atoms with Gasteiger partial charge in [-0.2, -0.15) is 0 Å². The maximum atomic E-state index is 11.5. The first kappa shape index (κ1) is 19.8. The van der Waals surface area contributed by atoms with Crippen molar-refractivity contribution in [3.63, 3.8) is 0 Å². The molecule has 0 aliphatic carbocycles. The minimum absolute atomic E-state index is 0.129. The Labute approximate surface area is 156 Å². The van der Waals surface area contributed by atoms with Gasteiger partial charge in [0, 0.05) is 30.7 Å². The highest BCUT2D eigenvalue weighted by Crippen LogP contribution is 2.30. The third-order valence-corrected chi connectivity index (χ3v) is 4.11. The van der Waals surface area contributed by atoms with Gasteiger partial charge in [0.15, 0.2) is 0 Å². The number of rotatable bonds is 8. The van der Waals surface area contributed by atoms with E-state index in [2.05, 4.69) is 53.2 Å². The zero-order valence-electron chi connectivity index (χ0n) is 16.0. The standard InChI is InChI=1S/C21H29N3O2/c1-15(2)24-21(25)23-14-13-22-16(3)17-9-11-18(12-10-17)19-7-5-6-8-20(19)26-4/h5-12,15-16,22H,13-14H2,1-4H3,(H2,23,24,25). The van der Waals surface area contributed by atoms with E-state index in [1.54, 1.807) is 7.11 Å². The summed E-state index contributed by atoms with van der Waals surface area (Å²) in [6.45, 7) is 7.29. The van der Waals surface area contributed by atoms with Gasteiger partial charge in [-0.1, -0.05) is 42.5 Å². The fraction of sp³-hybridized carbons (Fsp3) is 0.381. The summed E-state index contributed by atoms with van der Waals surface area (Å²) in [6, 6.07) is 16.7. The molecule has 5 nitrogen and oxygen atoms in total. The summed E-state index contributed by atoms with van der Waals surface area (Å²) in [5.41, 5.74) is 3.42. The van der Waals surface area contributed by atoms with E-state index in [0.717, 1.165) is 16.9 Å². The lowest BCUT2D eigenvalue weighted by Crippen LogP contribution is -2.42. The Morgan fingerprint density at radius 1 is 1.00 bits per heavy atom. The maximum absolute atomic E-state index is 11.5. The monoisotopic (exact) mass is 355 g/mol. The second-order valence-electron chi connectivity index (χ2n) is 6.55. The SMILES string of the molecule is COc1ccccc1-c1ccc(C(C)NCCNC(=O)NC(C)C)cc1. The van der Waals surface area contributed by atoms with Crippen LogP contribution in [0.5, 0.6) is 5.75 Å². The van der Waals surface area contributed by atoms with Gasteiger partial charge in [-0.3, -0.25) is 0 Å². The number of methoxy groups -OCH3 is 1. The average molecular weight is 355 g/mol. The van der Waals surface area contributed by atoms with Crippen LogP contribution in [-0.4, -0.2) is 32.3 Å². The van der Waals surface area contributed by atoms with E-state index >= 15 is 0 Å². The molecular formula is C21H29N3O2. The number of urea groups is 1. The summed E-state index contributed by atoms with van der Waals surface area (Å²) in [5.74, 6) is 0.872. The highest BCUT2D eigenvalue weighted by molar-refractivity contribution is 5.74. The summed E-state index contributed by atoms with van der Waals surface area (Å²) in [6.07, 6.45) is 0. The van der Waals surface area contributed by atoms with Gasteiger partial charge < -0.3 is 20.7 Å². The molecule has 0 aliphatic heterocycles. The van der Waals surface area contributed by atoms with Crippen LogP contribution in [0.3, 0.4) is 0 Å². The molecule has 0 aliphatic rings. The molecule has 0 aromatic heterocycles. The first-order chi connectivity index (χ1) is 12.5. The van der Waals surface area contributed by atoms with Gasteiger partial charge in [0.05, 0.1) is 7.11 Å². The Balaban J connectivity index is 1.87. The molecular weight excluding hydrogens is 326 g/mol. The summed E-state index contributed by atoms with van der Waals surface area (Å²) < 4.78 is 5.43. The second-order valence-corrected chi connectivity index (χ2v) is 6.55. The van der Waals surface area contributed by atoms with E-state index in [-0.39, 0.29) is 18.1 Å². The van der Waals surface area contributed by atoms with Crippen LogP contribution >= 0.6 is 0 Å². The first-order valence-electron chi connectivity index (χ1n) is 9.02. The van der Waals surface area contributed by atoms with E-state index in [1.165, 1.54) is 5.56 Å². The minimum atomic E-state index is -0.129. The first-order valence-corrected chi connectivity index (χ1v) is 9.02. The molecule has 0 fully saturated rings. The van der Waals surface area contributed by atoms with Crippen molar-refractivity contribution >= 4 is 6.03 Å². The van der Waals surface area contributed by atoms with Crippen LogP contribution in [-0.2, 0) is 0 Å². The Bertz CT molecular complexity index is 699. The van der Waals surface area contributed by atoms with E-state index in [9.17, 15) is 4.79 Å². The van der Waals surface area contributed by atoms with Crippen LogP contribution < -0.4 is 20.7 Å². The fourth-order valence-corrected chi connectivity index (χ4v) is 2.73. The van der Waals surface area contributed by atoms with Crippen LogP contribution in [0.15, 0.2) is 48.5 Å². The summed E-state index contributed by atoms with van der Waals surface area (Å²) >= 11 is 0. The smallest absolute Gasteiger partial charge is 0.315 e. The number of benzene rings is 2. The Hall–Kier alpha value is -2.53. The molecule has 2 aromatic carbocycles. The van der Waals surface area contributed by atoms with E-state index in [1.807, 2.05) is 32.0 Å². The van der Waals surface area contributed by atoms with Gasteiger partial charge in [0.2, 0.25) is 0 Å². The fourth-order valence-electron chi connectivity index (χ4n) is 2.73. The number of carbonyl (C=O) groups is 1. The quantitative estimate of drug-likeness (QED) is 0.633. The largest absolute Gasteiger partial charge is 0.496 e. The predicted octanol–water partition coefficient (Wildman–Crippen LogP) is 3.72. The number of nitrogens with one attached hydrogen (secondary N) is 3. The maximum Gasteiger partial charge on any atom is 0.315 e. The molecule has 0 heterocycles. The van der Waals surface area contributed by atoms with Crippen molar-refractivity contribution < 1.29 is 9.53 Å². The zero-order chi connectivity index (χ0) is 18.9. The number of ether oxygens (including phenoxy) is 1. The van der Waals surface area contributed by atoms with E-state index < -0.39 is 0 Å². The van der Waals surface area contributed by atoms with Crippen molar-refractivity contribution in [2.45, 2.75) is 32.9 Å². The number of hydrogen-bond donors (Lipinski definition) is 3. The van der Waals surface area contributed by atoms with Crippen molar-refractivity contribution in [2.75, 3.05) is 20.2 Å². The van der Waals surface area contributed by atoms with Crippen molar-refractivity contribution in [1.82, 2.24) is 16.0 Å². The molecule has 0 radical (unpaired) electrons. The van der Waals surface area contributed by atoms with Crippen LogP contribution in [0.4, 0.5) is 4.79 Å². The normalized spacial score (nSPS) is 11.9. The molecule has 140 valence electrons. The highest BCUT2D eigenvalue weighted by atomic mass is 16.5. The molecule has 0 saturated carbocycles. The summed E-state index contributed by atoms with van der Waals surface area (Å²) in [4.78, 5) is 11.5. The zero-order valence-corrected chi connectivity index (χ0v) is 16.0. The van der Waals surface area contributed by atoms with E-state index in [0.29, 0.717) is 13.1 Å². The van der Waals surface area contributed by atoms with Crippen molar-refractivity contribution in [1.29, 1.82) is 0 Å². The number of hydrogen-bond acceptors (Lipinski definition) is 3. The lowest BCUT2D eigenvalue weighted by atomic mass is 10.0. The molecule has 3 N–H and O–H groups in total. The number of para-hydroxylation sites is 1. The molecule has 1 unspecified atom stereocenters.